The SMILES string of the molecule is CCCN1C(=O)C(C)Oc2cc(NC(=O)Cc3c[nH]c4ccccc34)ccc21. The summed E-state index contributed by atoms with van der Waals surface area (Å²) < 4.78 is 5.76. The Hall–Kier alpha value is -3.28. The first-order valence-electron chi connectivity index (χ1n) is 9.53. The van der Waals surface area contributed by atoms with Gasteiger partial charge in [-0.15, -0.1) is 0 Å². The lowest BCUT2D eigenvalue weighted by Gasteiger charge is -2.33. The standard InChI is InChI=1S/C22H23N3O3/c1-3-10-25-19-9-8-16(12-20(19)28-14(2)22(25)27)24-21(26)11-15-13-23-18-7-5-4-6-17(15)18/h4-9,12-14,23H,3,10-11H2,1-2H3,(H,24,26). The van der Waals surface area contributed by atoms with Crippen LogP contribution in [0.5, 0.6) is 5.75 Å². The average Bonchev–Trinajstić information content (AvgIpc) is 3.08. The van der Waals surface area contributed by atoms with Crippen LogP contribution in [0.2, 0.25) is 0 Å². The Morgan fingerprint density at radius 3 is 2.89 bits per heavy atom. The third-order valence-corrected chi connectivity index (χ3v) is 4.93. The summed E-state index contributed by atoms with van der Waals surface area (Å²) in [6.07, 6.45) is 2.48. The average molecular weight is 377 g/mol. The molecule has 3 aromatic rings. The predicted octanol–water partition coefficient (Wildman–Crippen LogP) is 3.87. The van der Waals surface area contributed by atoms with Crippen molar-refractivity contribution in [3.63, 3.8) is 0 Å². The highest BCUT2D eigenvalue weighted by Gasteiger charge is 2.31. The third-order valence-electron chi connectivity index (χ3n) is 4.93. The number of aromatic amines is 1. The lowest BCUT2D eigenvalue weighted by Crippen LogP contribution is -2.44. The molecule has 1 aromatic heterocycles. The topological polar surface area (TPSA) is 74.4 Å². The summed E-state index contributed by atoms with van der Waals surface area (Å²) in [4.78, 5) is 29.8. The van der Waals surface area contributed by atoms with Crippen LogP contribution in [0, 0.1) is 0 Å². The first kappa shape index (κ1) is 18.1. The van der Waals surface area contributed by atoms with Crippen molar-refractivity contribution in [3.05, 3.63) is 54.2 Å². The molecule has 1 unspecified atom stereocenters. The number of carbonyl (C=O) groups is 2. The predicted molar refractivity (Wildman–Crippen MR) is 110 cm³/mol. The van der Waals surface area contributed by atoms with Crippen molar-refractivity contribution in [3.8, 4) is 5.75 Å². The second-order valence-corrected chi connectivity index (χ2v) is 7.02. The molecule has 0 saturated heterocycles. The van der Waals surface area contributed by atoms with Gasteiger partial charge in [0.05, 0.1) is 12.1 Å². The Morgan fingerprint density at radius 1 is 1.25 bits per heavy atom. The monoisotopic (exact) mass is 377 g/mol. The number of fused-ring (bicyclic) bond motifs is 2. The summed E-state index contributed by atoms with van der Waals surface area (Å²) in [7, 11) is 0. The molecule has 6 nitrogen and oxygen atoms in total. The van der Waals surface area contributed by atoms with Gasteiger partial charge in [0.1, 0.15) is 5.75 Å². The van der Waals surface area contributed by atoms with Gasteiger partial charge in [-0.25, -0.2) is 0 Å². The van der Waals surface area contributed by atoms with E-state index in [9.17, 15) is 9.59 Å². The maximum atomic E-state index is 12.5. The summed E-state index contributed by atoms with van der Waals surface area (Å²) in [5.74, 6) is 0.478. The normalized spacial score (nSPS) is 16.0. The van der Waals surface area contributed by atoms with Crippen LogP contribution < -0.4 is 15.0 Å². The summed E-state index contributed by atoms with van der Waals surface area (Å²) >= 11 is 0. The highest BCUT2D eigenvalue weighted by Crippen LogP contribution is 2.36. The molecule has 1 aliphatic rings. The summed E-state index contributed by atoms with van der Waals surface area (Å²) in [5, 5.41) is 3.98. The molecule has 6 heteroatoms. The molecule has 28 heavy (non-hydrogen) atoms. The van der Waals surface area contributed by atoms with E-state index in [0.29, 0.717) is 18.0 Å². The molecule has 0 aliphatic carbocycles. The molecule has 0 radical (unpaired) electrons. The van der Waals surface area contributed by atoms with Gasteiger partial charge in [0.25, 0.3) is 5.91 Å². The number of amides is 2. The van der Waals surface area contributed by atoms with Crippen molar-refractivity contribution >= 4 is 34.1 Å². The number of benzene rings is 2. The van der Waals surface area contributed by atoms with E-state index in [-0.39, 0.29) is 18.2 Å². The number of nitrogens with zero attached hydrogens (tertiary/aromatic N) is 1. The van der Waals surface area contributed by atoms with E-state index in [1.54, 1.807) is 24.0 Å². The largest absolute Gasteiger partial charge is 0.479 e. The Morgan fingerprint density at radius 2 is 2.07 bits per heavy atom. The Kier molecular flexibility index (Phi) is 4.77. The van der Waals surface area contributed by atoms with Gasteiger partial charge in [-0.05, 0) is 37.1 Å². The van der Waals surface area contributed by atoms with Gasteiger partial charge in [0.2, 0.25) is 5.91 Å². The van der Waals surface area contributed by atoms with Gasteiger partial charge in [-0.1, -0.05) is 25.1 Å². The smallest absolute Gasteiger partial charge is 0.267 e. The van der Waals surface area contributed by atoms with E-state index < -0.39 is 6.10 Å². The van der Waals surface area contributed by atoms with Gasteiger partial charge in [0.15, 0.2) is 6.10 Å². The van der Waals surface area contributed by atoms with Gasteiger partial charge in [-0.2, -0.15) is 0 Å². The van der Waals surface area contributed by atoms with Crippen molar-refractivity contribution in [2.24, 2.45) is 0 Å². The minimum Gasteiger partial charge on any atom is -0.479 e. The molecular weight excluding hydrogens is 354 g/mol. The number of carbonyl (C=O) groups excluding carboxylic acids is 2. The molecule has 0 saturated carbocycles. The molecular formula is C22H23N3O3. The Bertz CT molecular complexity index is 1040. The van der Waals surface area contributed by atoms with E-state index in [2.05, 4.69) is 10.3 Å². The van der Waals surface area contributed by atoms with Gasteiger partial charge in [0, 0.05) is 35.4 Å². The van der Waals surface area contributed by atoms with Crippen LogP contribution in [-0.4, -0.2) is 29.4 Å². The number of rotatable bonds is 5. The maximum Gasteiger partial charge on any atom is 0.267 e. The fourth-order valence-corrected chi connectivity index (χ4v) is 3.60. The molecule has 1 atom stereocenters. The van der Waals surface area contributed by atoms with Crippen molar-refractivity contribution < 1.29 is 14.3 Å². The first-order valence-corrected chi connectivity index (χ1v) is 9.53. The lowest BCUT2D eigenvalue weighted by molar-refractivity contribution is -0.125. The van der Waals surface area contributed by atoms with E-state index >= 15 is 0 Å². The van der Waals surface area contributed by atoms with E-state index in [1.165, 1.54) is 0 Å². The van der Waals surface area contributed by atoms with Crippen LogP contribution in [0.3, 0.4) is 0 Å². The summed E-state index contributed by atoms with van der Waals surface area (Å²) in [5.41, 5.74) is 3.37. The van der Waals surface area contributed by atoms with Crippen molar-refractivity contribution in [1.82, 2.24) is 4.98 Å². The maximum absolute atomic E-state index is 12.5. The molecule has 1 aliphatic heterocycles. The number of ether oxygens (including phenoxy) is 1. The number of hydrogen-bond donors (Lipinski definition) is 2. The summed E-state index contributed by atoms with van der Waals surface area (Å²) in [6.45, 7) is 4.42. The van der Waals surface area contributed by atoms with Crippen molar-refractivity contribution in [2.75, 3.05) is 16.8 Å². The molecule has 0 bridgehead atoms. The fourth-order valence-electron chi connectivity index (χ4n) is 3.60. The van der Waals surface area contributed by atoms with Gasteiger partial charge < -0.3 is 19.9 Å². The highest BCUT2D eigenvalue weighted by molar-refractivity contribution is 6.01. The number of hydrogen-bond acceptors (Lipinski definition) is 3. The molecule has 4 rings (SSSR count). The van der Waals surface area contributed by atoms with E-state index in [1.807, 2.05) is 43.5 Å². The molecule has 144 valence electrons. The summed E-state index contributed by atoms with van der Waals surface area (Å²) in [6, 6.07) is 13.3. The third kappa shape index (κ3) is 3.33. The highest BCUT2D eigenvalue weighted by atomic mass is 16.5. The number of nitrogens with one attached hydrogen (secondary N) is 2. The zero-order valence-corrected chi connectivity index (χ0v) is 16.0. The minimum absolute atomic E-state index is 0.0366. The molecule has 2 N–H and O–H groups in total. The molecule has 0 spiro atoms. The van der Waals surface area contributed by atoms with Crippen LogP contribution in [0.15, 0.2) is 48.7 Å². The van der Waals surface area contributed by atoms with Crippen LogP contribution in [0.1, 0.15) is 25.8 Å². The molecule has 2 amide bonds. The second kappa shape index (κ2) is 7.38. The number of para-hydroxylation sites is 1. The zero-order chi connectivity index (χ0) is 19.7. The molecule has 2 heterocycles. The Balaban J connectivity index is 1.52. The fraction of sp³-hybridized carbons (Fsp3) is 0.273. The van der Waals surface area contributed by atoms with Crippen molar-refractivity contribution in [2.45, 2.75) is 32.8 Å². The second-order valence-electron chi connectivity index (χ2n) is 7.02. The number of H-pyrrole nitrogens is 1. The first-order chi connectivity index (χ1) is 13.6. The quantitative estimate of drug-likeness (QED) is 0.709. The number of anilines is 2. The van der Waals surface area contributed by atoms with Gasteiger partial charge >= 0.3 is 0 Å². The Labute approximate surface area is 163 Å². The van der Waals surface area contributed by atoms with Crippen LogP contribution in [0.25, 0.3) is 10.9 Å². The van der Waals surface area contributed by atoms with E-state index in [0.717, 1.165) is 28.6 Å². The van der Waals surface area contributed by atoms with Crippen molar-refractivity contribution in [1.29, 1.82) is 0 Å². The van der Waals surface area contributed by atoms with Crippen LogP contribution in [-0.2, 0) is 16.0 Å². The van der Waals surface area contributed by atoms with Crippen LogP contribution in [0.4, 0.5) is 11.4 Å². The van der Waals surface area contributed by atoms with Gasteiger partial charge in [-0.3, -0.25) is 9.59 Å². The van der Waals surface area contributed by atoms with E-state index in [4.69, 9.17) is 4.74 Å². The minimum atomic E-state index is -0.531. The molecule has 2 aromatic carbocycles. The lowest BCUT2D eigenvalue weighted by atomic mass is 10.1. The zero-order valence-electron chi connectivity index (χ0n) is 16.0. The van der Waals surface area contributed by atoms with Crippen LogP contribution >= 0.6 is 0 Å². The molecule has 0 fully saturated rings. The number of aromatic nitrogens is 1.